The minimum absolute atomic E-state index is 0.229. The van der Waals surface area contributed by atoms with Crippen LogP contribution in [0, 0.1) is 0 Å². The van der Waals surface area contributed by atoms with Crippen LogP contribution in [0.25, 0.3) is 16.8 Å². The molecule has 0 aliphatic heterocycles. The molecule has 0 N–H and O–H groups in total. The maximum atomic E-state index is 12.5. The van der Waals surface area contributed by atoms with Crippen molar-refractivity contribution in [1.82, 2.24) is 14.4 Å². The Balaban J connectivity index is 2.05. The quantitative estimate of drug-likeness (QED) is 0.641. The topological polar surface area (TPSA) is 65.7 Å². The number of rotatable bonds is 5. The van der Waals surface area contributed by atoms with E-state index in [1.54, 1.807) is 31.6 Å². The van der Waals surface area contributed by atoms with Gasteiger partial charge in [-0.05, 0) is 18.2 Å². The SMILES string of the molecule is COc1ccc(-c2ccc3ncc(OCCBr)c(=O)n3c2)cn1. The number of fused-ring (bicyclic) bond motifs is 1. The van der Waals surface area contributed by atoms with Crippen LogP contribution in [0.15, 0.2) is 47.7 Å². The van der Waals surface area contributed by atoms with E-state index >= 15 is 0 Å². The lowest BCUT2D eigenvalue weighted by Gasteiger charge is -2.08. The van der Waals surface area contributed by atoms with Gasteiger partial charge in [-0.3, -0.25) is 9.20 Å². The van der Waals surface area contributed by atoms with E-state index in [9.17, 15) is 4.79 Å². The van der Waals surface area contributed by atoms with Gasteiger partial charge in [-0.1, -0.05) is 15.9 Å². The Labute approximate surface area is 140 Å². The van der Waals surface area contributed by atoms with E-state index in [-0.39, 0.29) is 11.3 Å². The summed E-state index contributed by atoms with van der Waals surface area (Å²) in [6, 6.07) is 7.34. The molecule has 3 aromatic heterocycles. The highest BCUT2D eigenvalue weighted by molar-refractivity contribution is 9.09. The lowest BCUT2D eigenvalue weighted by atomic mass is 10.1. The Morgan fingerprint density at radius 2 is 1.96 bits per heavy atom. The molecule has 0 amide bonds. The molecular formula is C16H14BrN3O3. The number of methoxy groups -OCH3 is 1. The highest BCUT2D eigenvalue weighted by Crippen LogP contribution is 2.20. The van der Waals surface area contributed by atoms with Crippen molar-refractivity contribution in [1.29, 1.82) is 0 Å². The summed E-state index contributed by atoms with van der Waals surface area (Å²) in [5.74, 6) is 0.769. The maximum absolute atomic E-state index is 12.5. The van der Waals surface area contributed by atoms with Crippen molar-refractivity contribution in [2.24, 2.45) is 0 Å². The average molecular weight is 376 g/mol. The zero-order chi connectivity index (χ0) is 16.2. The zero-order valence-corrected chi connectivity index (χ0v) is 14.0. The lowest BCUT2D eigenvalue weighted by Crippen LogP contribution is -2.18. The molecule has 0 saturated heterocycles. The number of hydrogen-bond acceptors (Lipinski definition) is 5. The molecule has 0 radical (unpaired) electrons. The Morgan fingerprint density at radius 1 is 1.13 bits per heavy atom. The molecule has 0 atom stereocenters. The number of nitrogens with zero attached hydrogens (tertiary/aromatic N) is 3. The standard InChI is InChI=1S/C16H14BrN3O3/c1-22-15-5-3-11(8-19-15)12-2-4-14-18-9-13(23-7-6-17)16(21)20(14)10-12/h2-5,8-10H,6-7H2,1H3. The number of halogens is 1. The number of hydrogen-bond donors (Lipinski definition) is 0. The highest BCUT2D eigenvalue weighted by atomic mass is 79.9. The molecular weight excluding hydrogens is 362 g/mol. The van der Waals surface area contributed by atoms with Crippen molar-refractivity contribution in [3.8, 4) is 22.8 Å². The third-order valence-electron chi connectivity index (χ3n) is 3.28. The number of aromatic nitrogens is 3. The predicted molar refractivity (Wildman–Crippen MR) is 90.5 cm³/mol. The summed E-state index contributed by atoms with van der Waals surface area (Å²) in [6.45, 7) is 0.408. The molecule has 3 heterocycles. The second-order valence-corrected chi connectivity index (χ2v) is 5.49. The zero-order valence-electron chi connectivity index (χ0n) is 12.4. The second kappa shape index (κ2) is 6.78. The molecule has 6 nitrogen and oxygen atoms in total. The van der Waals surface area contributed by atoms with Gasteiger partial charge in [-0.25, -0.2) is 9.97 Å². The first-order valence-electron chi connectivity index (χ1n) is 6.93. The largest absolute Gasteiger partial charge is 0.486 e. The van der Waals surface area contributed by atoms with Crippen LogP contribution in [0.4, 0.5) is 0 Å². The van der Waals surface area contributed by atoms with Gasteiger partial charge in [0, 0.05) is 34.9 Å². The third-order valence-corrected chi connectivity index (χ3v) is 3.61. The van der Waals surface area contributed by atoms with E-state index in [1.807, 2.05) is 12.1 Å². The van der Waals surface area contributed by atoms with Crippen molar-refractivity contribution >= 4 is 21.6 Å². The Bertz CT molecular complexity index is 878. The van der Waals surface area contributed by atoms with Crippen LogP contribution in [0.1, 0.15) is 0 Å². The summed E-state index contributed by atoms with van der Waals surface area (Å²) in [7, 11) is 1.57. The highest BCUT2D eigenvalue weighted by Gasteiger charge is 2.08. The molecule has 0 fully saturated rings. The van der Waals surface area contributed by atoms with Crippen LogP contribution in [0.2, 0.25) is 0 Å². The molecule has 0 saturated carbocycles. The smallest absolute Gasteiger partial charge is 0.300 e. The maximum Gasteiger partial charge on any atom is 0.300 e. The summed E-state index contributed by atoms with van der Waals surface area (Å²) < 4.78 is 11.9. The number of alkyl halides is 1. The first-order chi connectivity index (χ1) is 11.2. The molecule has 0 aliphatic carbocycles. The molecule has 0 spiro atoms. The van der Waals surface area contributed by atoms with Crippen LogP contribution in [-0.2, 0) is 0 Å². The van der Waals surface area contributed by atoms with Gasteiger partial charge in [0.05, 0.1) is 19.9 Å². The molecule has 0 aliphatic rings. The van der Waals surface area contributed by atoms with E-state index < -0.39 is 0 Å². The summed E-state index contributed by atoms with van der Waals surface area (Å²) in [6.07, 6.45) is 4.88. The molecule has 0 bridgehead atoms. The van der Waals surface area contributed by atoms with E-state index in [0.717, 1.165) is 11.1 Å². The van der Waals surface area contributed by atoms with Gasteiger partial charge in [0.2, 0.25) is 11.6 Å². The van der Waals surface area contributed by atoms with E-state index in [4.69, 9.17) is 9.47 Å². The molecule has 3 aromatic rings. The summed E-state index contributed by atoms with van der Waals surface area (Å²) >= 11 is 3.26. The number of ether oxygens (including phenoxy) is 2. The van der Waals surface area contributed by atoms with Crippen LogP contribution in [0.3, 0.4) is 0 Å². The van der Waals surface area contributed by atoms with Crippen LogP contribution in [-0.4, -0.2) is 33.4 Å². The van der Waals surface area contributed by atoms with E-state index in [0.29, 0.717) is 23.5 Å². The minimum atomic E-state index is -0.237. The van der Waals surface area contributed by atoms with Gasteiger partial charge < -0.3 is 9.47 Å². The van der Waals surface area contributed by atoms with Crippen molar-refractivity contribution in [3.63, 3.8) is 0 Å². The molecule has 0 aromatic carbocycles. The lowest BCUT2D eigenvalue weighted by molar-refractivity contribution is 0.338. The minimum Gasteiger partial charge on any atom is -0.486 e. The first-order valence-corrected chi connectivity index (χ1v) is 8.05. The van der Waals surface area contributed by atoms with Crippen LogP contribution >= 0.6 is 15.9 Å². The van der Waals surface area contributed by atoms with Crippen molar-refractivity contribution in [2.75, 3.05) is 19.0 Å². The number of pyridine rings is 2. The van der Waals surface area contributed by atoms with Gasteiger partial charge in [0.25, 0.3) is 5.56 Å². The average Bonchev–Trinajstić information content (AvgIpc) is 2.61. The molecule has 7 heteroatoms. The monoisotopic (exact) mass is 375 g/mol. The Morgan fingerprint density at radius 3 is 2.65 bits per heavy atom. The van der Waals surface area contributed by atoms with Crippen molar-refractivity contribution in [2.45, 2.75) is 0 Å². The third kappa shape index (κ3) is 3.19. The second-order valence-electron chi connectivity index (χ2n) is 4.70. The fourth-order valence-corrected chi connectivity index (χ4v) is 2.31. The van der Waals surface area contributed by atoms with Crippen LogP contribution < -0.4 is 15.0 Å². The van der Waals surface area contributed by atoms with E-state index in [2.05, 4.69) is 25.9 Å². The van der Waals surface area contributed by atoms with Gasteiger partial charge in [-0.15, -0.1) is 0 Å². The summed E-state index contributed by atoms with van der Waals surface area (Å²) in [5, 5.41) is 0.646. The fourth-order valence-electron chi connectivity index (χ4n) is 2.15. The molecule has 3 rings (SSSR count). The molecule has 118 valence electrons. The van der Waals surface area contributed by atoms with Gasteiger partial charge in [0.15, 0.2) is 0 Å². The van der Waals surface area contributed by atoms with Crippen molar-refractivity contribution in [3.05, 3.63) is 53.2 Å². The molecule has 23 heavy (non-hydrogen) atoms. The summed E-state index contributed by atoms with van der Waals surface area (Å²) in [4.78, 5) is 20.9. The summed E-state index contributed by atoms with van der Waals surface area (Å²) in [5.41, 5.74) is 2.06. The van der Waals surface area contributed by atoms with Gasteiger partial charge in [-0.2, -0.15) is 0 Å². The normalized spacial score (nSPS) is 10.7. The van der Waals surface area contributed by atoms with Crippen molar-refractivity contribution < 1.29 is 9.47 Å². The Kier molecular flexibility index (Phi) is 4.57. The van der Waals surface area contributed by atoms with Crippen LogP contribution in [0.5, 0.6) is 11.6 Å². The Hall–Kier alpha value is -2.41. The molecule has 0 unspecified atom stereocenters. The first kappa shape index (κ1) is 15.5. The predicted octanol–water partition coefficient (Wildman–Crippen LogP) is 2.54. The van der Waals surface area contributed by atoms with E-state index in [1.165, 1.54) is 10.6 Å². The van der Waals surface area contributed by atoms with Gasteiger partial charge >= 0.3 is 0 Å². The van der Waals surface area contributed by atoms with Gasteiger partial charge in [0.1, 0.15) is 5.65 Å². The fraction of sp³-hybridized carbons (Fsp3) is 0.188.